The van der Waals surface area contributed by atoms with Gasteiger partial charge in [-0.1, -0.05) is 97.4 Å². The van der Waals surface area contributed by atoms with Crippen LogP contribution in [0, 0.1) is 0 Å². The first-order valence-electron chi connectivity index (χ1n) is 14.7. The predicted molar refractivity (Wildman–Crippen MR) is 166 cm³/mol. The molecule has 4 N–H and O–H groups in total. The number of carbonyl (C=O) groups is 2. The lowest BCUT2D eigenvalue weighted by Crippen LogP contribution is -2.48. The molecule has 1 heterocycles. The average molecular weight is 549 g/mol. The maximum atomic E-state index is 13.6. The third kappa shape index (κ3) is 7.81. The molecule has 0 bridgehead atoms. The molecule has 4 aromatic carbocycles. The van der Waals surface area contributed by atoms with E-state index in [2.05, 4.69) is 65.2 Å². The van der Waals surface area contributed by atoms with Crippen molar-refractivity contribution in [1.82, 2.24) is 15.5 Å². The molecular formula is C35H40N4O2. The number of unbranched alkanes of at least 4 members (excludes halogenated alkanes) is 1. The van der Waals surface area contributed by atoms with Crippen LogP contribution in [0.25, 0.3) is 21.9 Å². The van der Waals surface area contributed by atoms with Crippen LogP contribution >= 0.6 is 0 Å². The summed E-state index contributed by atoms with van der Waals surface area (Å²) in [6.45, 7) is 2.34. The van der Waals surface area contributed by atoms with Crippen LogP contribution in [-0.2, 0) is 22.6 Å². The van der Waals surface area contributed by atoms with Crippen molar-refractivity contribution in [1.29, 1.82) is 0 Å². The number of hydrogen-bond donors (Lipinski definition) is 3. The van der Waals surface area contributed by atoms with Crippen LogP contribution < -0.4 is 16.4 Å². The monoisotopic (exact) mass is 548 g/mol. The highest BCUT2D eigenvalue weighted by Gasteiger charge is 2.30. The molecule has 5 rings (SSSR count). The summed E-state index contributed by atoms with van der Waals surface area (Å²) in [4.78, 5) is 28.4. The smallest absolute Gasteiger partial charge is 0.240 e. The molecule has 0 spiro atoms. The van der Waals surface area contributed by atoms with Crippen LogP contribution in [0.1, 0.15) is 36.8 Å². The fourth-order valence-corrected chi connectivity index (χ4v) is 5.59. The van der Waals surface area contributed by atoms with Gasteiger partial charge in [0.1, 0.15) is 0 Å². The highest BCUT2D eigenvalue weighted by Crippen LogP contribution is 2.21. The highest BCUT2D eigenvalue weighted by molar-refractivity contribution is 5.84. The number of rotatable bonds is 11. The average Bonchev–Trinajstić information content (AvgIpc) is 3.15. The number of amides is 2. The topological polar surface area (TPSA) is 87.5 Å². The summed E-state index contributed by atoms with van der Waals surface area (Å²) in [6, 6.07) is 32.8. The maximum absolute atomic E-state index is 13.6. The van der Waals surface area contributed by atoms with Crippen molar-refractivity contribution in [2.24, 2.45) is 5.73 Å². The zero-order valence-electron chi connectivity index (χ0n) is 23.6. The summed E-state index contributed by atoms with van der Waals surface area (Å²) < 4.78 is 0. The Hall–Kier alpha value is -4.00. The number of carbonyl (C=O) groups excluding carboxylic acids is 2. The number of nitrogens with two attached hydrogens (primary N) is 1. The molecule has 1 aliphatic heterocycles. The summed E-state index contributed by atoms with van der Waals surface area (Å²) in [5, 5.41) is 9.06. The van der Waals surface area contributed by atoms with Gasteiger partial charge in [-0.15, -0.1) is 0 Å². The molecule has 41 heavy (non-hydrogen) atoms. The first-order valence-corrected chi connectivity index (χ1v) is 14.7. The Kier molecular flexibility index (Phi) is 9.78. The minimum atomic E-state index is -0.281. The molecule has 0 unspecified atom stereocenters. The van der Waals surface area contributed by atoms with Crippen molar-refractivity contribution in [3.8, 4) is 11.1 Å². The van der Waals surface area contributed by atoms with Gasteiger partial charge in [-0.2, -0.15) is 0 Å². The van der Waals surface area contributed by atoms with Gasteiger partial charge in [-0.05, 0) is 64.9 Å². The van der Waals surface area contributed by atoms with Crippen molar-refractivity contribution >= 4 is 22.6 Å². The standard InChI is InChI=1S/C35H40N4O2/c36-20-7-6-12-33-35(41)39(25-27-15-18-29-10-4-5-11-31(29)22-27)21-19-32(38-33)24-37-34(40)23-26-13-16-30(17-14-26)28-8-2-1-3-9-28/h1-5,8-11,13-18,22,32-33,38H,6-7,12,19-21,23-25,36H2,(H,37,40)/t32-,33-/m0/s1. The van der Waals surface area contributed by atoms with E-state index in [0.717, 1.165) is 47.9 Å². The fourth-order valence-electron chi connectivity index (χ4n) is 5.59. The van der Waals surface area contributed by atoms with E-state index >= 15 is 0 Å². The summed E-state index contributed by atoms with van der Waals surface area (Å²) in [6.07, 6.45) is 3.62. The van der Waals surface area contributed by atoms with E-state index in [9.17, 15) is 9.59 Å². The van der Waals surface area contributed by atoms with Crippen LogP contribution in [0.5, 0.6) is 0 Å². The van der Waals surface area contributed by atoms with E-state index in [1.807, 2.05) is 47.4 Å². The summed E-state index contributed by atoms with van der Waals surface area (Å²) >= 11 is 0. The first-order chi connectivity index (χ1) is 20.1. The molecule has 0 aromatic heterocycles. The number of hydrogen-bond acceptors (Lipinski definition) is 4. The lowest BCUT2D eigenvalue weighted by Gasteiger charge is -2.25. The Morgan fingerprint density at radius 2 is 1.56 bits per heavy atom. The van der Waals surface area contributed by atoms with Crippen molar-refractivity contribution < 1.29 is 9.59 Å². The van der Waals surface area contributed by atoms with Crippen LogP contribution in [0.2, 0.25) is 0 Å². The molecule has 212 valence electrons. The Bertz CT molecular complexity index is 1440. The van der Waals surface area contributed by atoms with Crippen molar-refractivity contribution in [2.75, 3.05) is 19.6 Å². The molecule has 1 saturated heterocycles. The minimum Gasteiger partial charge on any atom is -0.354 e. The number of fused-ring (bicyclic) bond motifs is 1. The van der Waals surface area contributed by atoms with E-state index < -0.39 is 0 Å². The molecule has 1 aliphatic rings. The minimum absolute atomic E-state index is 0.0115. The molecule has 4 aromatic rings. The normalized spacial score (nSPS) is 17.4. The zero-order valence-corrected chi connectivity index (χ0v) is 23.6. The second-order valence-electron chi connectivity index (χ2n) is 11.0. The van der Waals surface area contributed by atoms with Gasteiger partial charge in [0.15, 0.2) is 0 Å². The lowest BCUT2D eigenvalue weighted by atomic mass is 10.0. The third-order valence-electron chi connectivity index (χ3n) is 7.90. The van der Waals surface area contributed by atoms with Crippen molar-refractivity contribution in [2.45, 2.75) is 50.7 Å². The number of nitrogens with one attached hydrogen (secondary N) is 2. The van der Waals surface area contributed by atoms with E-state index in [0.29, 0.717) is 32.6 Å². The molecule has 0 radical (unpaired) electrons. The van der Waals surface area contributed by atoms with Gasteiger partial charge in [-0.25, -0.2) is 0 Å². The van der Waals surface area contributed by atoms with Crippen LogP contribution in [0.4, 0.5) is 0 Å². The van der Waals surface area contributed by atoms with Gasteiger partial charge in [-0.3, -0.25) is 9.59 Å². The van der Waals surface area contributed by atoms with Crippen LogP contribution in [0.15, 0.2) is 97.1 Å². The van der Waals surface area contributed by atoms with E-state index in [1.54, 1.807) is 0 Å². The molecular weight excluding hydrogens is 508 g/mol. The zero-order chi connectivity index (χ0) is 28.4. The Labute approximate surface area is 242 Å². The Morgan fingerprint density at radius 3 is 2.34 bits per heavy atom. The van der Waals surface area contributed by atoms with Crippen molar-refractivity contribution in [3.63, 3.8) is 0 Å². The largest absolute Gasteiger partial charge is 0.354 e. The molecule has 2 amide bonds. The SMILES string of the molecule is NCCCC[C@@H]1N[C@H](CNC(=O)Cc2ccc(-c3ccccc3)cc2)CCN(Cc2ccc3ccccc3c2)C1=O. The molecule has 2 atom stereocenters. The number of nitrogens with zero attached hydrogens (tertiary/aromatic N) is 1. The second kappa shape index (κ2) is 14.1. The third-order valence-corrected chi connectivity index (χ3v) is 7.90. The van der Waals surface area contributed by atoms with Crippen LogP contribution in [0.3, 0.4) is 0 Å². The van der Waals surface area contributed by atoms with Gasteiger partial charge >= 0.3 is 0 Å². The molecule has 0 saturated carbocycles. The van der Waals surface area contributed by atoms with Gasteiger partial charge in [0.2, 0.25) is 11.8 Å². The van der Waals surface area contributed by atoms with Gasteiger partial charge in [0, 0.05) is 25.7 Å². The fraction of sp³-hybridized carbons (Fsp3) is 0.314. The summed E-state index contributed by atoms with van der Waals surface area (Å²) in [5.74, 6) is 0.116. The quantitative estimate of drug-likeness (QED) is 0.229. The molecule has 1 fully saturated rings. The number of benzene rings is 4. The lowest BCUT2D eigenvalue weighted by molar-refractivity contribution is -0.133. The van der Waals surface area contributed by atoms with Gasteiger partial charge in [0.25, 0.3) is 0 Å². The first kappa shape index (κ1) is 28.5. The van der Waals surface area contributed by atoms with Crippen LogP contribution in [-0.4, -0.2) is 48.4 Å². The van der Waals surface area contributed by atoms with Gasteiger partial charge in [0.05, 0.1) is 12.5 Å². The van der Waals surface area contributed by atoms with E-state index in [4.69, 9.17) is 5.73 Å². The van der Waals surface area contributed by atoms with E-state index in [-0.39, 0.29) is 23.9 Å². The summed E-state index contributed by atoms with van der Waals surface area (Å²) in [5.41, 5.74) is 10.1. The Morgan fingerprint density at radius 1 is 0.854 bits per heavy atom. The second-order valence-corrected chi connectivity index (χ2v) is 11.0. The summed E-state index contributed by atoms with van der Waals surface area (Å²) in [7, 11) is 0. The van der Waals surface area contributed by atoms with E-state index in [1.165, 1.54) is 10.8 Å². The molecule has 0 aliphatic carbocycles. The predicted octanol–water partition coefficient (Wildman–Crippen LogP) is 5.05. The Balaban J connectivity index is 1.19. The van der Waals surface area contributed by atoms with Crippen molar-refractivity contribution in [3.05, 3.63) is 108 Å². The van der Waals surface area contributed by atoms with Gasteiger partial charge < -0.3 is 21.3 Å². The molecule has 6 heteroatoms. The molecule has 6 nitrogen and oxygen atoms in total. The maximum Gasteiger partial charge on any atom is 0.240 e. The highest BCUT2D eigenvalue weighted by atomic mass is 16.2.